The molecule has 0 N–H and O–H groups in total. The number of hydrogen-bond acceptors (Lipinski definition) is 0. The van der Waals surface area contributed by atoms with Crippen molar-refractivity contribution >= 4 is 0 Å². The van der Waals surface area contributed by atoms with Crippen LogP contribution in [-0.4, -0.2) is 0 Å². The van der Waals surface area contributed by atoms with Crippen LogP contribution < -0.4 is 0 Å². The lowest BCUT2D eigenvalue weighted by molar-refractivity contribution is 0.441. The van der Waals surface area contributed by atoms with Crippen molar-refractivity contribution in [1.29, 1.82) is 0 Å². The van der Waals surface area contributed by atoms with Gasteiger partial charge in [-0.1, -0.05) is 94.4 Å². The van der Waals surface area contributed by atoms with E-state index in [1.165, 1.54) is 32.1 Å². The maximum Gasteiger partial charge on any atom is -0.0445 e. The fourth-order valence-corrected chi connectivity index (χ4v) is 1.40. The molecule has 0 fully saturated rings. The Morgan fingerprint density at radius 2 is 1.06 bits per heavy atom. The first-order valence-corrected chi connectivity index (χ1v) is 7.93. The molecule has 0 saturated carbocycles. The molecule has 0 spiro atoms. The zero-order valence-electron chi connectivity index (χ0n) is 14.3. The molecule has 0 aliphatic heterocycles. The lowest BCUT2D eigenvalue weighted by atomic mass is 9.98. The maximum absolute atomic E-state index is 2.34. The second-order valence-corrected chi connectivity index (χ2v) is 5.67. The first kappa shape index (κ1) is 22.2. The molecule has 0 amide bonds. The molecule has 0 bridgehead atoms. The van der Waals surface area contributed by atoms with E-state index in [9.17, 15) is 0 Å². The molecule has 0 nitrogen and oxygen atoms in total. The van der Waals surface area contributed by atoms with Crippen LogP contribution in [0.4, 0.5) is 0 Å². The Labute approximate surface area is 113 Å². The second kappa shape index (κ2) is 18.4. The fourth-order valence-electron chi connectivity index (χ4n) is 1.40. The molecule has 0 aromatic rings. The van der Waals surface area contributed by atoms with E-state index in [0.29, 0.717) is 0 Å². The summed E-state index contributed by atoms with van der Waals surface area (Å²) in [4.78, 5) is 0. The van der Waals surface area contributed by atoms with Crippen molar-refractivity contribution in [3.8, 4) is 0 Å². The van der Waals surface area contributed by atoms with Crippen molar-refractivity contribution in [2.45, 2.75) is 94.4 Å². The van der Waals surface area contributed by atoms with Crippen molar-refractivity contribution < 1.29 is 0 Å². The van der Waals surface area contributed by atoms with Crippen LogP contribution in [0, 0.1) is 17.8 Å². The summed E-state index contributed by atoms with van der Waals surface area (Å²) in [5.41, 5.74) is 0. The molecule has 0 aliphatic rings. The van der Waals surface area contributed by atoms with Crippen molar-refractivity contribution in [1.82, 2.24) is 0 Å². The summed E-state index contributed by atoms with van der Waals surface area (Å²) >= 11 is 0. The SMILES string of the molecule is CC.CCC(C)CCC(C)C.CCCC(C)C. The average Bonchev–Trinajstić information content (AvgIpc) is 2.29. The first-order valence-electron chi connectivity index (χ1n) is 7.93. The Bertz CT molecular complexity index is 103. The Kier molecular flexibility index (Phi) is 24.0. The molecule has 0 rings (SSSR count). The van der Waals surface area contributed by atoms with Gasteiger partial charge in [0.05, 0.1) is 0 Å². The molecule has 108 valence electrons. The van der Waals surface area contributed by atoms with Crippen LogP contribution in [0.25, 0.3) is 0 Å². The largest absolute Gasteiger partial charge is 0.0683 e. The summed E-state index contributed by atoms with van der Waals surface area (Å²) in [5, 5.41) is 0. The monoisotopic (exact) mass is 244 g/mol. The van der Waals surface area contributed by atoms with E-state index < -0.39 is 0 Å². The standard InChI is InChI=1S/C9H20.C6H14.C2H6/c1-5-9(4)7-6-8(2)3;1-4-5-6(2)3;1-2/h8-9H,5-7H2,1-4H3;6H,4-5H2,1-3H3;1-2H3. The molecule has 17 heavy (non-hydrogen) atoms. The summed E-state index contributed by atoms with van der Waals surface area (Å²) in [6.07, 6.45) is 6.85. The van der Waals surface area contributed by atoms with Crippen LogP contribution in [0.15, 0.2) is 0 Å². The van der Waals surface area contributed by atoms with Gasteiger partial charge in [0, 0.05) is 0 Å². The smallest absolute Gasteiger partial charge is 0.0445 e. The van der Waals surface area contributed by atoms with Gasteiger partial charge < -0.3 is 0 Å². The third kappa shape index (κ3) is 31.4. The highest BCUT2D eigenvalue weighted by atomic mass is 14.1. The zero-order valence-corrected chi connectivity index (χ0v) is 14.3. The van der Waals surface area contributed by atoms with Crippen LogP contribution in [-0.2, 0) is 0 Å². The third-order valence-corrected chi connectivity index (χ3v) is 2.80. The molecular weight excluding hydrogens is 204 g/mol. The van der Waals surface area contributed by atoms with Gasteiger partial charge in [0.1, 0.15) is 0 Å². The Morgan fingerprint density at radius 3 is 1.24 bits per heavy atom. The topological polar surface area (TPSA) is 0 Å². The summed E-state index contributed by atoms with van der Waals surface area (Å²) < 4.78 is 0. The van der Waals surface area contributed by atoms with E-state index >= 15 is 0 Å². The van der Waals surface area contributed by atoms with E-state index in [1.54, 1.807) is 0 Å². The highest BCUT2D eigenvalue weighted by molar-refractivity contribution is 4.52. The van der Waals surface area contributed by atoms with E-state index in [1.807, 2.05) is 13.8 Å². The minimum atomic E-state index is 0.888. The molecule has 0 radical (unpaired) electrons. The summed E-state index contributed by atoms with van der Waals surface area (Å²) in [5.74, 6) is 2.72. The Balaban J connectivity index is -0.000000213. The lowest BCUT2D eigenvalue weighted by Crippen LogP contribution is -1.95. The summed E-state index contributed by atoms with van der Waals surface area (Å²) in [7, 11) is 0. The molecular formula is C17H40. The maximum atomic E-state index is 2.34. The average molecular weight is 245 g/mol. The Morgan fingerprint density at radius 1 is 0.647 bits per heavy atom. The van der Waals surface area contributed by atoms with Crippen LogP contribution in [0.3, 0.4) is 0 Å². The predicted molar refractivity (Wildman–Crippen MR) is 84.6 cm³/mol. The van der Waals surface area contributed by atoms with E-state index in [-0.39, 0.29) is 0 Å². The van der Waals surface area contributed by atoms with Gasteiger partial charge in [-0.25, -0.2) is 0 Å². The quantitative estimate of drug-likeness (QED) is 0.475. The molecule has 0 saturated heterocycles. The molecule has 0 aromatic heterocycles. The predicted octanol–water partition coefficient (Wildman–Crippen LogP) is 6.94. The van der Waals surface area contributed by atoms with Crippen LogP contribution in [0.2, 0.25) is 0 Å². The van der Waals surface area contributed by atoms with Gasteiger partial charge in [0.2, 0.25) is 0 Å². The van der Waals surface area contributed by atoms with Crippen LogP contribution in [0.5, 0.6) is 0 Å². The number of rotatable bonds is 6. The lowest BCUT2D eigenvalue weighted by Gasteiger charge is -2.09. The molecule has 1 atom stereocenters. The zero-order chi connectivity index (χ0) is 14.3. The van der Waals surface area contributed by atoms with E-state index in [2.05, 4.69) is 48.5 Å². The van der Waals surface area contributed by atoms with Crippen LogP contribution >= 0.6 is 0 Å². The molecule has 0 aliphatic carbocycles. The summed E-state index contributed by atoms with van der Waals surface area (Å²) in [6, 6.07) is 0. The first-order chi connectivity index (χ1) is 7.93. The van der Waals surface area contributed by atoms with E-state index in [0.717, 1.165) is 17.8 Å². The van der Waals surface area contributed by atoms with Crippen molar-refractivity contribution in [2.24, 2.45) is 17.8 Å². The van der Waals surface area contributed by atoms with Gasteiger partial charge >= 0.3 is 0 Å². The van der Waals surface area contributed by atoms with Crippen LogP contribution in [0.1, 0.15) is 94.4 Å². The van der Waals surface area contributed by atoms with Crippen molar-refractivity contribution in [3.05, 3.63) is 0 Å². The van der Waals surface area contributed by atoms with Gasteiger partial charge in [-0.15, -0.1) is 0 Å². The van der Waals surface area contributed by atoms with Crippen molar-refractivity contribution in [2.75, 3.05) is 0 Å². The van der Waals surface area contributed by atoms with Crippen molar-refractivity contribution in [3.63, 3.8) is 0 Å². The normalized spacial score (nSPS) is 11.5. The highest BCUT2D eigenvalue weighted by Gasteiger charge is 1.99. The van der Waals surface area contributed by atoms with E-state index in [4.69, 9.17) is 0 Å². The third-order valence-electron chi connectivity index (χ3n) is 2.80. The molecule has 0 aromatic carbocycles. The number of hydrogen-bond donors (Lipinski definition) is 0. The van der Waals surface area contributed by atoms with Gasteiger partial charge in [0.25, 0.3) is 0 Å². The second-order valence-electron chi connectivity index (χ2n) is 5.67. The molecule has 1 unspecified atom stereocenters. The minimum absolute atomic E-state index is 0.888. The molecule has 0 heterocycles. The van der Waals surface area contributed by atoms with Gasteiger partial charge in [-0.3, -0.25) is 0 Å². The van der Waals surface area contributed by atoms with Gasteiger partial charge in [-0.05, 0) is 17.8 Å². The summed E-state index contributed by atoms with van der Waals surface area (Å²) in [6.45, 7) is 19.9. The Hall–Kier alpha value is 0. The van der Waals surface area contributed by atoms with Gasteiger partial charge in [0.15, 0.2) is 0 Å². The minimum Gasteiger partial charge on any atom is -0.0683 e. The highest BCUT2D eigenvalue weighted by Crippen LogP contribution is 2.13. The molecule has 0 heteroatoms. The fraction of sp³-hybridized carbons (Fsp3) is 1.00. The van der Waals surface area contributed by atoms with Gasteiger partial charge in [-0.2, -0.15) is 0 Å².